The van der Waals surface area contributed by atoms with Gasteiger partial charge in [-0.2, -0.15) is 0 Å². The first-order chi connectivity index (χ1) is 13.6. The Morgan fingerprint density at radius 1 is 0.897 bits per heavy atom. The zero-order valence-corrected chi connectivity index (χ0v) is 16.3. The minimum atomic E-state index is -1.50. The minimum absolute atomic E-state index is 0.340. The van der Waals surface area contributed by atoms with Gasteiger partial charge in [-0.1, -0.05) is 30.3 Å². The molecule has 0 aliphatic carbocycles. The Morgan fingerprint density at radius 3 is 1.79 bits per heavy atom. The van der Waals surface area contributed by atoms with E-state index in [1.807, 2.05) is 0 Å². The quantitative estimate of drug-likeness (QED) is 0.282. The molecule has 10 heteroatoms. The number of carbonyl (C=O) groups excluding carboxylic acids is 1. The van der Waals surface area contributed by atoms with E-state index in [2.05, 4.69) is 0 Å². The summed E-state index contributed by atoms with van der Waals surface area (Å²) in [5.41, 5.74) is -2.40. The summed E-state index contributed by atoms with van der Waals surface area (Å²) in [4.78, 5) is 33.2. The molecule has 0 saturated heterocycles. The van der Waals surface area contributed by atoms with Crippen molar-refractivity contribution < 1.29 is 28.9 Å². The average Bonchev–Trinajstić information content (AvgIpc) is 2.69. The number of nitro benzene ring substituents is 2. The number of rotatable bonds is 8. The molecule has 2 aromatic rings. The van der Waals surface area contributed by atoms with E-state index in [0.717, 1.165) is 18.2 Å². The zero-order valence-electron chi connectivity index (χ0n) is 16.3. The fourth-order valence-corrected chi connectivity index (χ4v) is 3.10. The second-order valence-corrected chi connectivity index (χ2v) is 6.54. The Bertz CT molecular complexity index is 891. The summed E-state index contributed by atoms with van der Waals surface area (Å²) >= 11 is 0. The van der Waals surface area contributed by atoms with Crippen LogP contribution in [0.25, 0.3) is 0 Å². The van der Waals surface area contributed by atoms with E-state index in [-0.39, 0.29) is 5.56 Å². The first-order valence-electron chi connectivity index (χ1n) is 8.41. The average molecular weight is 404 g/mol. The van der Waals surface area contributed by atoms with Gasteiger partial charge in [0.2, 0.25) is 5.79 Å². The van der Waals surface area contributed by atoms with Crippen molar-refractivity contribution in [3.63, 3.8) is 0 Å². The maximum absolute atomic E-state index is 12.7. The largest absolute Gasteiger partial charge is 0.450 e. The molecule has 2 rings (SSSR count). The van der Waals surface area contributed by atoms with Crippen molar-refractivity contribution in [2.75, 3.05) is 14.2 Å². The number of benzene rings is 2. The number of nitro groups is 2. The van der Waals surface area contributed by atoms with E-state index in [1.54, 1.807) is 30.3 Å². The van der Waals surface area contributed by atoms with E-state index in [9.17, 15) is 25.0 Å². The van der Waals surface area contributed by atoms with Crippen LogP contribution in [-0.4, -0.2) is 35.6 Å². The third-order valence-corrected chi connectivity index (χ3v) is 4.43. The van der Waals surface area contributed by atoms with Crippen molar-refractivity contribution in [3.8, 4) is 0 Å². The second-order valence-electron chi connectivity index (χ2n) is 6.54. The molecule has 0 bridgehead atoms. The van der Waals surface area contributed by atoms with Gasteiger partial charge in [0.15, 0.2) is 5.60 Å². The molecule has 0 unspecified atom stereocenters. The molecule has 0 amide bonds. The summed E-state index contributed by atoms with van der Waals surface area (Å²) in [6, 6.07) is 11.3. The minimum Gasteiger partial charge on any atom is -0.450 e. The zero-order chi connectivity index (χ0) is 21.8. The Kier molecular flexibility index (Phi) is 6.30. The van der Waals surface area contributed by atoms with Crippen LogP contribution in [-0.2, 0) is 20.0 Å². The van der Waals surface area contributed by atoms with Crippen LogP contribution in [0.15, 0.2) is 48.5 Å². The van der Waals surface area contributed by atoms with Gasteiger partial charge in [0.1, 0.15) is 0 Å². The predicted molar refractivity (Wildman–Crippen MR) is 101 cm³/mol. The van der Waals surface area contributed by atoms with Crippen LogP contribution in [0.3, 0.4) is 0 Å². The molecule has 0 fully saturated rings. The van der Waals surface area contributed by atoms with Gasteiger partial charge >= 0.3 is 5.97 Å². The highest BCUT2D eigenvalue weighted by Gasteiger charge is 2.51. The lowest BCUT2D eigenvalue weighted by Crippen LogP contribution is -2.53. The van der Waals surface area contributed by atoms with Crippen LogP contribution >= 0.6 is 0 Å². The van der Waals surface area contributed by atoms with E-state index in [1.165, 1.54) is 28.1 Å². The SMILES string of the molecule is COC(OC)(c1ccccc1)C(C)(C)OC(=O)c1cc([N+](=O)[O-])cc([N+](=O)[O-])c1. The number of non-ortho nitro benzene ring substituents is 2. The third kappa shape index (κ3) is 4.23. The number of nitrogens with zero attached hydrogens (tertiary/aromatic N) is 2. The molecule has 154 valence electrons. The van der Waals surface area contributed by atoms with Crippen LogP contribution in [0.4, 0.5) is 11.4 Å². The summed E-state index contributed by atoms with van der Waals surface area (Å²) in [5.74, 6) is -2.51. The van der Waals surface area contributed by atoms with E-state index < -0.39 is 38.6 Å². The van der Waals surface area contributed by atoms with Crippen LogP contribution in [0.2, 0.25) is 0 Å². The van der Waals surface area contributed by atoms with Crippen LogP contribution in [0, 0.1) is 20.2 Å². The number of hydrogen-bond donors (Lipinski definition) is 0. The maximum atomic E-state index is 12.7. The number of methoxy groups -OCH3 is 2. The van der Waals surface area contributed by atoms with E-state index in [0.29, 0.717) is 5.56 Å². The topological polar surface area (TPSA) is 131 Å². The first-order valence-corrected chi connectivity index (χ1v) is 8.41. The summed E-state index contributed by atoms with van der Waals surface area (Å²) in [6.07, 6.45) is 0. The van der Waals surface area contributed by atoms with Gasteiger partial charge in [0.25, 0.3) is 11.4 Å². The normalized spacial score (nSPS) is 11.7. The summed E-state index contributed by atoms with van der Waals surface area (Å²) in [6.45, 7) is 3.08. The lowest BCUT2D eigenvalue weighted by molar-refractivity contribution is -0.394. The first kappa shape index (κ1) is 21.9. The van der Waals surface area contributed by atoms with Gasteiger partial charge in [0, 0.05) is 31.9 Å². The Hall–Kier alpha value is -3.37. The molecule has 10 nitrogen and oxygen atoms in total. The molecular weight excluding hydrogens is 384 g/mol. The van der Waals surface area contributed by atoms with Crippen molar-refractivity contribution in [2.45, 2.75) is 25.2 Å². The molecule has 2 aromatic carbocycles. The van der Waals surface area contributed by atoms with Gasteiger partial charge in [-0.15, -0.1) is 0 Å². The monoisotopic (exact) mass is 404 g/mol. The van der Waals surface area contributed by atoms with E-state index in [4.69, 9.17) is 14.2 Å². The van der Waals surface area contributed by atoms with Crippen molar-refractivity contribution in [1.82, 2.24) is 0 Å². The Balaban J connectivity index is 2.47. The molecule has 0 heterocycles. The maximum Gasteiger partial charge on any atom is 0.339 e. The van der Waals surface area contributed by atoms with Crippen molar-refractivity contribution >= 4 is 17.3 Å². The second kappa shape index (κ2) is 8.33. The molecule has 29 heavy (non-hydrogen) atoms. The standard InChI is InChI=1S/C19H20N2O8/c1-18(2,19(27-3,28-4)14-8-6-5-7-9-14)29-17(22)13-10-15(20(23)24)12-16(11-13)21(25)26/h5-12H,1-4H3. The number of carbonyl (C=O) groups is 1. The predicted octanol–water partition coefficient (Wildman–Crippen LogP) is 3.58. The highest BCUT2D eigenvalue weighted by Crippen LogP contribution is 2.40. The smallest absolute Gasteiger partial charge is 0.339 e. The van der Waals surface area contributed by atoms with Gasteiger partial charge in [-0.25, -0.2) is 4.79 Å². The van der Waals surface area contributed by atoms with Gasteiger partial charge in [0.05, 0.1) is 21.5 Å². The van der Waals surface area contributed by atoms with E-state index >= 15 is 0 Å². The molecule has 0 aromatic heterocycles. The van der Waals surface area contributed by atoms with Crippen molar-refractivity contribution in [3.05, 3.63) is 79.9 Å². The molecule has 0 atom stereocenters. The fourth-order valence-electron chi connectivity index (χ4n) is 3.10. The van der Waals surface area contributed by atoms with Crippen LogP contribution < -0.4 is 0 Å². The Morgan fingerprint density at radius 2 is 1.38 bits per heavy atom. The number of hydrogen-bond acceptors (Lipinski definition) is 8. The third-order valence-electron chi connectivity index (χ3n) is 4.43. The van der Waals surface area contributed by atoms with Gasteiger partial charge in [-0.05, 0) is 13.8 Å². The molecule has 0 N–H and O–H groups in total. The summed E-state index contributed by atoms with van der Waals surface area (Å²) in [5, 5.41) is 22.1. The van der Waals surface area contributed by atoms with Crippen LogP contribution in [0.1, 0.15) is 29.8 Å². The fraction of sp³-hybridized carbons (Fsp3) is 0.316. The van der Waals surface area contributed by atoms with Gasteiger partial charge in [-0.3, -0.25) is 20.2 Å². The number of ether oxygens (including phenoxy) is 3. The van der Waals surface area contributed by atoms with Gasteiger partial charge < -0.3 is 14.2 Å². The molecule has 0 aliphatic rings. The molecule has 0 aliphatic heterocycles. The molecule has 0 saturated carbocycles. The highest BCUT2D eigenvalue weighted by molar-refractivity contribution is 5.91. The lowest BCUT2D eigenvalue weighted by atomic mass is 9.89. The number of esters is 1. The lowest BCUT2D eigenvalue weighted by Gasteiger charge is -2.43. The molecule has 0 spiro atoms. The molecular formula is C19H20N2O8. The highest BCUT2D eigenvalue weighted by atomic mass is 16.7. The summed E-state index contributed by atoms with van der Waals surface area (Å²) in [7, 11) is 2.76. The summed E-state index contributed by atoms with van der Waals surface area (Å²) < 4.78 is 16.7. The van der Waals surface area contributed by atoms with Crippen molar-refractivity contribution in [2.24, 2.45) is 0 Å². The van der Waals surface area contributed by atoms with Crippen LogP contribution in [0.5, 0.6) is 0 Å². The van der Waals surface area contributed by atoms with Crippen molar-refractivity contribution in [1.29, 1.82) is 0 Å². The Labute approximate surface area is 166 Å². The molecule has 0 radical (unpaired) electrons.